The standard InChI is InChI=1S/C24H27Cl3N6O3/c1-13-12-36-8-5-17(13)29-22-28-11-18-20(32-22)33(24(21(34)35)6-3-2-4-7-24)23(30-18)31-19-15(26)9-14(25)10-16(19)27/h9-11,13,17H,2-8,12H2,1H3,(H,30,31)(H,34,35)(H,28,29,32)/t13-,17-/m1/s1. The molecule has 0 spiro atoms. The number of hydrogen-bond acceptors (Lipinski definition) is 7. The van der Waals surface area contributed by atoms with Gasteiger partial charge in [0.15, 0.2) is 5.65 Å². The quantitative estimate of drug-likeness (QED) is 0.335. The average molecular weight is 554 g/mol. The van der Waals surface area contributed by atoms with Crippen LogP contribution in [0.2, 0.25) is 15.1 Å². The summed E-state index contributed by atoms with van der Waals surface area (Å²) in [6.45, 7) is 3.44. The van der Waals surface area contributed by atoms with Crippen molar-refractivity contribution in [2.45, 2.75) is 57.0 Å². The Kier molecular flexibility index (Phi) is 7.18. The number of aliphatic carboxylic acids is 1. The fourth-order valence-corrected chi connectivity index (χ4v) is 6.05. The van der Waals surface area contributed by atoms with Crippen molar-refractivity contribution in [2.75, 3.05) is 23.8 Å². The van der Waals surface area contributed by atoms with Gasteiger partial charge in [0.25, 0.3) is 0 Å². The molecule has 9 nitrogen and oxygen atoms in total. The highest BCUT2D eigenvalue weighted by Gasteiger charge is 2.45. The first-order chi connectivity index (χ1) is 17.3. The van der Waals surface area contributed by atoms with E-state index in [2.05, 4.69) is 27.5 Å². The number of ether oxygens (including phenoxy) is 1. The van der Waals surface area contributed by atoms with E-state index < -0.39 is 11.5 Å². The van der Waals surface area contributed by atoms with Crippen LogP contribution in [0.25, 0.3) is 11.2 Å². The van der Waals surface area contributed by atoms with E-state index in [0.717, 1.165) is 25.7 Å². The summed E-state index contributed by atoms with van der Waals surface area (Å²) in [6, 6.07) is 3.28. The van der Waals surface area contributed by atoms with Crippen molar-refractivity contribution >= 4 is 69.5 Å². The zero-order valence-corrected chi connectivity index (χ0v) is 22.0. The van der Waals surface area contributed by atoms with Gasteiger partial charge in [0, 0.05) is 17.7 Å². The molecule has 192 valence electrons. The lowest BCUT2D eigenvalue weighted by Crippen LogP contribution is -2.44. The van der Waals surface area contributed by atoms with Gasteiger partial charge >= 0.3 is 5.97 Å². The van der Waals surface area contributed by atoms with E-state index in [1.54, 1.807) is 22.9 Å². The molecular formula is C24H27Cl3N6O3. The molecule has 3 heterocycles. The summed E-state index contributed by atoms with van der Waals surface area (Å²) in [6.07, 6.45) is 5.89. The van der Waals surface area contributed by atoms with E-state index >= 15 is 0 Å². The highest BCUT2D eigenvalue weighted by Crippen LogP contribution is 2.42. The highest BCUT2D eigenvalue weighted by atomic mass is 35.5. The lowest BCUT2D eigenvalue weighted by atomic mass is 9.81. The molecule has 36 heavy (non-hydrogen) atoms. The third kappa shape index (κ3) is 4.69. The number of carboxylic acids is 1. The van der Waals surface area contributed by atoms with Crippen LogP contribution in [-0.2, 0) is 15.1 Å². The van der Waals surface area contributed by atoms with Gasteiger partial charge in [-0.2, -0.15) is 4.98 Å². The summed E-state index contributed by atoms with van der Waals surface area (Å²) in [4.78, 5) is 26.8. The van der Waals surface area contributed by atoms with E-state index in [-0.39, 0.29) is 17.9 Å². The zero-order chi connectivity index (χ0) is 25.4. The van der Waals surface area contributed by atoms with Crippen LogP contribution in [0.15, 0.2) is 18.3 Å². The summed E-state index contributed by atoms with van der Waals surface area (Å²) in [5.41, 5.74) is 0.0619. The second-order valence-corrected chi connectivity index (χ2v) is 10.8. The average Bonchev–Trinajstić information content (AvgIpc) is 3.21. The molecule has 5 rings (SSSR count). The molecular weight excluding hydrogens is 527 g/mol. The fourth-order valence-electron chi connectivity index (χ4n) is 5.14. The number of rotatable bonds is 6. The van der Waals surface area contributed by atoms with Crippen molar-refractivity contribution in [3.05, 3.63) is 33.4 Å². The maximum absolute atomic E-state index is 12.8. The van der Waals surface area contributed by atoms with Gasteiger partial charge in [-0.15, -0.1) is 0 Å². The second kappa shape index (κ2) is 10.2. The number of nitrogens with one attached hydrogen (secondary N) is 2. The van der Waals surface area contributed by atoms with Crippen LogP contribution in [0.1, 0.15) is 45.4 Å². The summed E-state index contributed by atoms with van der Waals surface area (Å²) >= 11 is 19.0. The van der Waals surface area contributed by atoms with Crippen LogP contribution in [-0.4, -0.2) is 49.9 Å². The summed E-state index contributed by atoms with van der Waals surface area (Å²) in [7, 11) is 0. The molecule has 0 radical (unpaired) electrons. The summed E-state index contributed by atoms with van der Waals surface area (Å²) in [5, 5.41) is 18.1. The maximum Gasteiger partial charge on any atom is 0.330 e. The van der Waals surface area contributed by atoms with E-state index in [9.17, 15) is 9.90 Å². The normalized spacial score (nSPS) is 21.9. The Bertz CT molecular complexity index is 1270. The smallest absolute Gasteiger partial charge is 0.330 e. The number of imidazole rings is 1. The lowest BCUT2D eigenvalue weighted by Gasteiger charge is -2.35. The number of hydrogen-bond donors (Lipinski definition) is 3. The zero-order valence-electron chi connectivity index (χ0n) is 19.7. The van der Waals surface area contributed by atoms with Crippen molar-refractivity contribution in [1.82, 2.24) is 19.5 Å². The molecule has 1 aliphatic heterocycles. The third-order valence-corrected chi connectivity index (χ3v) is 7.92. The molecule has 3 N–H and O–H groups in total. The molecule has 1 aliphatic carbocycles. The van der Waals surface area contributed by atoms with Crippen LogP contribution < -0.4 is 10.6 Å². The van der Waals surface area contributed by atoms with E-state index in [4.69, 9.17) is 44.5 Å². The predicted octanol–water partition coefficient (Wildman–Crippen LogP) is 6.11. The minimum absolute atomic E-state index is 0.153. The van der Waals surface area contributed by atoms with Crippen molar-refractivity contribution in [3.8, 4) is 0 Å². The topological polar surface area (TPSA) is 114 Å². The highest BCUT2D eigenvalue weighted by molar-refractivity contribution is 6.41. The molecule has 1 aromatic carbocycles. The SMILES string of the molecule is C[C@@H]1COCC[C@H]1Nc1ncc2nc(Nc3c(Cl)cc(Cl)cc3Cl)n(C3(C(=O)O)CCCCC3)c2n1. The van der Waals surface area contributed by atoms with Gasteiger partial charge in [-0.3, -0.25) is 4.57 Å². The number of anilines is 3. The first-order valence-corrected chi connectivity index (χ1v) is 13.2. The van der Waals surface area contributed by atoms with Gasteiger partial charge in [-0.05, 0) is 37.3 Å². The number of carbonyl (C=O) groups is 1. The Morgan fingerprint density at radius 2 is 1.89 bits per heavy atom. The Morgan fingerprint density at radius 1 is 1.17 bits per heavy atom. The molecule has 12 heteroatoms. The van der Waals surface area contributed by atoms with Crippen LogP contribution in [0.4, 0.5) is 17.6 Å². The lowest BCUT2D eigenvalue weighted by molar-refractivity contribution is -0.149. The Labute approximate surface area is 223 Å². The van der Waals surface area contributed by atoms with Gasteiger partial charge < -0.3 is 20.5 Å². The van der Waals surface area contributed by atoms with Crippen LogP contribution in [0.3, 0.4) is 0 Å². The van der Waals surface area contributed by atoms with Crippen molar-refractivity contribution in [3.63, 3.8) is 0 Å². The Morgan fingerprint density at radius 3 is 2.56 bits per heavy atom. The van der Waals surface area contributed by atoms with E-state index in [0.29, 0.717) is 63.9 Å². The maximum atomic E-state index is 12.8. The molecule has 2 atom stereocenters. The number of carboxylic acid groups (broad SMARTS) is 1. The van der Waals surface area contributed by atoms with Crippen molar-refractivity contribution in [2.24, 2.45) is 5.92 Å². The molecule has 2 aliphatic rings. The number of benzene rings is 1. The molecule has 0 amide bonds. The van der Waals surface area contributed by atoms with Gasteiger partial charge in [-0.1, -0.05) is 61.0 Å². The van der Waals surface area contributed by atoms with Gasteiger partial charge in [0.05, 0.1) is 28.5 Å². The first kappa shape index (κ1) is 25.3. The molecule has 1 saturated heterocycles. The predicted molar refractivity (Wildman–Crippen MR) is 141 cm³/mol. The monoisotopic (exact) mass is 552 g/mol. The molecule has 2 fully saturated rings. The molecule has 2 aromatic heterocycles. The van der Waals surface area contributed by atoms with E-state index in [1.165, 1.54) is 0 Å². The summed E-state index contributed by atoms with van der Waals surface area (Å²) < 4.78 is 7.23. The Balaban J connectivity index is 1.64. The number of aromatic nitrogens is 4. The first-order valence-electron chi connectivity index (χ1n) is 12.0. The number of nitrogens with zero attached hydrogens (tertiary/aromatic N) is 4. The van der Waals surface area contributed by atoms with E-state index in [1.807, 2.05) is 0 Å². The van der Waals surface area contributed by atoms with Crippen LogP contribution in [0.5, 0.6) is 0 Å². The van der Waals surface area contributed by atoms with Gasteiger partial charge in [0.1, 0.15) is 11.1 Å². The second-order valence-electron chi connectivity index (χ2n) is 9.53. The minimum Gasteiger partial charge on any atom is -0.479 e. The minimum atomic E-state index is -1.22. The largest absolute Gasteiger partial charge is 0.479 e. The van der Waals surface area contributed by atoms with Crippen LogP contribution >= 0.6 is 34.8 Å². The van der Waals surface area contributed by atoms with Gasteiger partial charge in [0.2, 0.25) is 11.9 Å². The number of fused-ring (bicyclic) bond motifs is 1. The fraction of sp³-hybridized carbons (Fsp3) is 0.500. The molecule has 0 unspecified atom stereocenters. The third-order valence-electron chi connectivity index (χ3n) is 7.11. The molecule has 3 aromatic rings. The van der Waals surface area contributed by atoms with Crippen LogP contribution in [0, 0.1) is 5.92 Å². The molecule has 1 saturated carbocycles. The molecule has 0 bridgehead atoms. The van der Waals surface area contributed by atoms with Crippen molar-refractivity contribution < 1.29 is 14.6 Å². The van der Waals surface area contributed by atoms with Gasteiger partial charge in [-0.25, -0.2) is 14.8 Å². The number of halogens is 3. The summed E-state index contributed by atoms with van der Waals surface area (Å²) in [5.74, 6) is 0.0706. The van der Waals surface area contributed by atoms with Crippen molar-refractivity contribution in [1.29, 1.82) is 0 Å². The Hall–Kier alpha value is -2.33.